The summed E-state index contributed by atoms with van der Waals surface area (Å²) in [5, 5.41) is 0. The molecule has 0 N–H and O–H groups in total. The number of hydrogen-bond donors (Lipinski definition) is 0. The molecule has 0 aromatic heterocycles. The summed E-state index contributed by atoms with van der Waals surface area (Å²) in [4.78, 5) is 0. The summed E-state index contributed by atoms with van der Waals surface area (Å²) in [5.41, 5.74) is 0. The van der Waals surface area contributed by atoms with Gasteiger partial charge >= 0.3 is 126 Å². The van der Waals surface area contributed by atoms with Crippen LogP contribution in [0.1, 0.15) is 96.3 Å². The van der Waals surface area contributed by atoms with E-state index in [1.165, 1.54) is 13.2 Å². The van der Waals surface area contributed by atoms with Crippen LogP contribution in [0.25, 0.3) is 0 Å². The van der Waals surface area contributed by atoms with Crippen molar-refractivity contribution in [1.29, 1.82) is 0 Å². The summed E-state index contributed by atoms with van der Waals surface area (Å²) in [7, 11) is 0. The molecule has 0 radical (unpaired) electrons. The van der Waals surface area contributed by atoms with E-state index in [1.54, 1.807) is 96.3 Å². The Morgan fingerprint density at radius 1 is 0.409 bits per heavy atom. The van der Waals surface area contributed by atoms with Crippen LogP contribution in [0.2, 0.25) is 13.2 Å². The summed E-state index contributed by atoms with van der Waals surface area (Å²) < 4.78 is 3.72. The fourth-order valence-electron chi connectivity index (χ4n) is 4.35. The Labute approximate surface area is 160 Å². The average Bonchev–Trinajstić information content (AvgIpc) is 2.51. The standard InChI is InChI=1S/3C6H11.2ClH.H3P.Pd/c3*1-2-4-6-5-3-1;;;;/h3*1H,2-6H2;2*1H;1H3;/q;;;;;;+2/p-2. The molecule has 3 rings (SSSR count). The number of hydrogen-bond acceptors (Lipinski definition) is 0. The van der Waals surface area contributed by atoms with Crippen LogP contribution in [-0.4, -0.2) is 0 Å². The van der Waals surface area contributed by atoms with E-state index in [0.29, 0.717) is 0 Å². The summed E-state index contributed by atoms with van der Waals surface area (Å²) in [5.74, 6) is 0. The predicted octanol–water partition coefficient (Wildman–Crippen LogP) is 0.928. The van der Waals surface area contributed by atoms with Crippen molar-refractivity contribution in [2.45, 2.75) is 109 Å². The van der Waals surface area contributed by atoms with E-state index in [9.17, 15) is 0 Å². The first kappa shape index (κ1) is 23.7. The van der Waals surface area contributed by atoms with Gasteiger partial charge in [0.05, 0.1) is 0 Å². The minimum atomic E-state index is -0.219. The molecule has 137 valence electrons. The van der Waals surface area contributed by atoms with Crippen molar-refractivity contribution in [2.24, 2.45) is 0 Å². The Hall–Kier alpha value is 1.67. The van der Waals surface area contributed by atoms with E-state index >= 15 is 0 Å². The van der Waals surface area contributed by atoms with Gasteiger partial charge in [-0.2, -0.15) is 9.90 Å². The van der Waals surface area contributed by atoms with E-state index in [2.05, 4.69) is 0 Å². The molecule has 3 aliphatic carbocycles. The number of rotatable bonds is 3. The fraction of sp³-hybridized carbons (Fsp3) is 1.00. The molecule has 0 bridgehead atoms. The van der Waals surface area contributed by atoms with Crippen molar-refractivity contribution in [2.75, 3.05) is 0 Å². The van der Waals surface area contributed by atoms with Gasteiger partial charge in [0.2, 0.25) is 0 Å². The van der Waals surface area contributed by atoms with E-state index in [-0.39, 0.29) is 51.5 Å². The summed E-state index contributed by atoms with van der Waals surface area (Å²) in [6.07, 6.45) is 23.9. The van der Waals surface area contributed by atoms with Gasteiger partial charge in [-0.3, -0.25) is 0 Å². The molecule has 0 aromatic carbocycles. The van der Waals surface area contributed by atoms with Crippen LogP contribution in [0, 0.1) is 0 Å². The molecule has 1 atom stereocenters. The first-order valence-electron chi connectivity index (χ1n) is 9.00. The Kier molecular flexibility index (Phi) is 13.9. The SMILES string of the molecule is C1CC[CH]([Pd+2]([CH]2CCCCC2)[CH]2CCCCC2)CC1.P.[Cl-].[Cl-]. The molecule has 0 amide bonds. The van der Waals surface area contributed by atoms with Crippen LogP contribution in [-0.2, 0) is 16.8 Å². The summed E-state index contributed by atoms with van der Waals surface area (Å²) in [6, 6.07) is 0. The van der Waals surface area contributed by atoms with E-state index < -0.39 is 0 Å². The predicted molar refractivity (Wildman–Crippen MR) is 91.6 cm³/mol. The van der Waals surface area contributed by atoms with Gasteiger partial charge in [-0.1, -0.05) is 0 Å². The maximum Gasteiger partial charge on any atom is -0.153 e. The molecule has 0 nitrogen and oxygen atoms in total. The minimum absolute atomic E-state index is 0. The molecule has 3 fully saturated rings. The Bertz CT molecular complexity index is 217. The Morgan fingerprint density at radius 2 is 0.636 bits per heavy atom. The van der Waals surface area contributed by atoms with Crippen LogP contribution < -0.4 is 24.8 Å². The number of halogens is 2. The third-order valence-corrected chi connectivity index (χ3v) is 12.5. The summed E-state index contributed by atoms with van der Waals surface area (Å²) >= 11 is -0.219. The van der Waals surface area contributed by atoms with Crippen LogP contribution in [0.3, 0.4) is 0 Å². The molecule has 0 aromatic rings. The van der Waals surface area contributed by atoms with Crippen LogP contribution in [0.5, 0.6) is 0 Å². The van der Waals surface area contributed by atoms with Gasteiger partial charge in [-0.25, -0.2) is 0 Å². The monoisotopic (exact) mass is 459 g/mol. The molecule has 1 unspecified atom stereocenters. The average molecular weight is 461 g/mol. The molecule has 22 heavy (non-hydrogen) atoms. The maximum absolute atomic E-state index is 1.63. The van der Waals surface area contributed by atoms with Crippen molar-refractivity contribution >= 4 is 9.90 Å². The van der Waals surface area contributed by atoms with Crippen molar-refractivity contribution in [3.8, 4) is 0 Å². The van der Waals surface area contributed by atoms with Gasteiger partial charge in [0, 0.05) is 0 Å². The fourth-order valence-corrected chi connectivity index (χ4v) is 12.5. The molecule has 3 aliphatic rings. The molecular formula is C18H36Cl2PPd. The summed E-state index contributed by atoms with van der Waals surface area (Å²) in [6.45, 7) is 0. The van der Waals surface area contributed by atoms with Crippen LogP contribution >= 0.6 is 9.90 Å². The molecule has 4 heteroatoms. The van der Waals surface area contributed by atoms with Crippen molar-refractivity contribution < 1.29 is 41.6 Å². The van der Waals surface area contributed by atoms with Crippen molar-refractivity contribution in [3.63, 3.8) is 0 Å². The van der Waals surface area contributed by atoms with Gasteiger partial charge in [-0.05, 0) is 0 Å². The van der Waals surface area contributed by atoms with Crippen molar-refractivity contribution in [3.05, 3.63) is 0 Å². The van der Waals surface area contributed by atoms with Crippen LogP contribution in [0.4, 0.5) is 0 Å². The molecule has 0 spiro atoms. The van der Waals surface area contributed by atoms with Gasteiger partial charge < -0.3 is 24.8 Å². The Morgan fingerprint density at radius 3 is 0.864 bits per heavy atom. The van der Waals surface area contributed by atoms with Crippen LogP contribution in [0.15, 0.2) is 0 Å². The first-order chi connectivity index (χ1) is 9.45. The normalized spacial score (nSPS) is 25.4. The molecular weight excluding hydrogens is 424 g/mol. The third kappa shape index (κ3) is 6.53. The topological polar surface area (TPSA) is 0 Å². The van der Waals surface area contributed by atoms with Gasteiger partial charge in [0.1, 0.15) is 0 Å². The third-order valence-electron chi connectivity index (χ3n) is 5.39. The zero-order valence-electron chi connectivity index (χ0n) is 14.1. The van der Waals surface area contributed by atoms with Gasteiger partial charge in [0.25, 0.3) is 0 Å². The molecule has 0 saturated heterocycles. The molecule has 0 aliphatic heterocycles. The van der Waals surface area contributed by atoms with Crippen molar-refractivity contribution in [1.82, 2.24) is 0 Å². The van der Waals surface area contributed by atoms with E-state index in [0.717, 1.165) is 0 Å². The second-order valence-corrected chi connectivity index (χ2v) is 12.2. The van der Waals surface area contributed by atoms with E-state index in [1.807, 2.05) is 0 Å². The molecule has 3 saturated carbocycles. The Balaban J connectivity index is 0.00000147. The second kappa shape index (κ2) is 13.0. The first-order valence-corrected chi connectivity index (χ1v) is 11.7. The zero-order chi connectivity index (χ0) is 12.9. The van der Waals surface area contributed by atoms with Gasteiger partial charge in [0.15, 0.2) is 0 Å². The smallest absolute Gasteiger partial charge is 0.153 e. The minimum Gasteiger partial charge on any atom is -1.00 e. The quantitative estimate of drug-likeness (QED) is 0.434. The van der Waals surface area contributed by atoms with E-state index in [4.69, 9.17) is 0 Å². The largest absolute Gasteiger partial charge is 1.00 e. The molecule has 0 heterocycles. The maximum atomic E-state index is 1.63. The van der Waals surface area contributed by atoms with Gasteiger partial charge in [-0.15, -0.1) is 0 Å². The second-order valence-electron chi connectivity index (χ2n) is 6.87. The zero-order valence-corrected chi connectivity index (χ0v) is 18.6.